The van der Waals surface area contributed by atoms with Crippen LogP contribution < -0.4 is 0 Å². The summed E-state index contributed by atoms with van der Waals surface area (Å²) in [6, 6.07) is 9.36. The van der Waals surface area contributed by atoms with Crippen molar-refractivity contribution in [2.45, 2.75) is 26.4 Å². The first-order valence-electron chi connectivity index (χ1n) is 6.38. The van der Waals surface area contributed by atoms with Crippen molar-refractivity contribution in [3.05, 3.63) is 35.9 Å². The number of rotatable bonds is 10. The molecular weight excluding hydrogens is 267 g/mol. The lowest BCUT2D eigenvalue weighted by Gasteiger charge is -2.17. The van der Waals surface area contributed by atoms with Gasteiger partial charge in [-0.2, -0.15) is 0 Å². The van der Waals surface area contributed by atoms with Crippen molar-refractivity contribution in [1.82, 2.24) is 0 Å². The van der Waals surface area contributed by atoms with E-state index in [1.165, 1.54) is 0 Å². The Labute approximate surface area is 114 Å². The Morgan fingerprint density at radius 3 is 2.42 bits per heavy atom. The lowest BCUT2D eigenvalue weighted by molar-refractivity contribution is 0.0909. The van der Waals surface area contributed by atoms with Gasteiger partial charge < -0.3 is 5.11 Å². The second-order valence-electron chi connectivity index (χ2n) is 3.95. The van der Waals surface area contributed by atoms with Crippen LogP contribution in [0.4, 0.5) is 0 Å². The molecule has 0 saturated carbocycles. The van der Waals surface area contributed by atoms with E-state index in [0.717, 1.165) is 18.4 Å². The summed E-state index contributed by atoms with van der Waals surface area (Å²) in [7, 11) is -3.59. The van der Waals surface area contributed by atoms with Gasteiger partial charge in [0.2, 0.25) is 0 Å². The second-order valence-corrected chi connectivity index (χ2v) is 5.62. The zero-order chi connectivity index (χ0) is 14.0. The highest BCUT2D eigenvalue weighted by molar-refractivity contribution is 7.48. The number of phosphoric ester groups is 1. The Kier molecular flexibility index (Phi) is 7.94. The molecule has 0 radical (unpaired) electrons. The van der Waals surface area contributed by atoms with E-state index in [2.05, 4.69) is 0 Å². The molecule has 0 bridgehead atoms. The second kappa shape index (κ2) is 9.23. The highest BCUT2D eigenvalue weighted by atomic mass is 31.2. The largest absolute Gasteiger partial charge is 0.475 e. The molecule has 0 spiro atoms. The van der Waals surface area contributed by atoms with E-state index in [-0.39, 0.29) is 19.8 Å². The molecule has 1 N–H and O–H groups in total. The Morgan fingerprint density at radius 2 is 1.79 bits per heavy atom. The van der Waals surface area contributed by atoms with Crippen molar-refractivity contribution < 1.29 is 23.2 Å². The van der Waals surface area contributed by atoms with Gasteiger partial charge >= 0.3 is 7.82 Å². The minimum atomic E-state index is -3.59. The number of phosphoric acid groups is 1. The molecule has 1 aromatic carbocycles. The van der Waals surface area contributed by atoms with Crippen LogP contribution in [0.3, 0.4) is 0 Å². The number of hydrogen-bond acceptors (Lipinski definition) is 5. The van der Waals surface area contributed by atoms with Gasteiger partial charge in [-0.15, -0.1) is 0 Å². The molecule has 1 unspecified atom stereocenters. The smallest absolute Gasteiger partial charge is 0.394 e. The molecule has 0 amide bonds. The maximum absolute atomic E-state index is 12.2. The van der Waals surface area contributed by atoms with E-state index in [0.29, 0.717) is 6.61 Å². The van der Waals surface area contributed by atoms with Gasteiger partial charge in [0.25, 0.3) is 0 Å². The van der Waals surface area contributed by atoms with Crippen LogP contribution in [0.5, 0.6) is 0 Å². The van der Waals surface area contributed by atoms with Gasteiger partial charge in [0, 0.05) is 0 Å². The number of benzene rings is 1. The molecule has 0 aliphatic carbocycles. The van der Waals surface area contributed by atoms with Gasteiger partial charge in [0.1, 0.15) is 0 Å². The number of aliphatic hydroxyl groups excluding tert-OH is 1. The van der Waals surface area contributed by atoms with Crippen LogP contribution in [0.2, 0.25) is 0 Å². The summed E-state index contributed by atoms with van der Waals surface area (Å²) in [4.78, 5) is 0. The molecule has 0 aromatic heterocycles. The lowest BCUT2D eigenvalue weighted by Crippen LogP contribution is -2.05. The summed E-state index contributed by atoms with van der Waals surface area (Å²) in [5.74, 6) is 0. The number of aliphatic hydroxyl groups is 1. The maximum Gasteiger partial charge on any atom is 0.475 e. The summed E-state index contributed by atoms with van der Waals surface area (Å²) >= 11 is 0. The van der Waals surface area contributed by atoms with Crippen molar-refractivity contribution in [1.29, 1.82) is 0 Å². The Morgan fingerprint density at radius 1 is 1.11 bits per heavy atom. The van der Waals surface area contributed by atoms with Crippen molar-refractivity contribution in [2.24, 2.45) is 0 Å². The predicted molar refractivity (Wildman–Crippen MR) is 72.7 cm³/mol. The summed E-state index contributed by atoms with van der Waals surface area (Å²) in [6.45, 7) is 2.17. The van der Waals surface area contributed by atoms with Crippen LogP contribution in [0.1, 0.15) is 25.3 Å². The first kappa shape index (κ1) is 16.3. The van der Waals surface area contributed by atoms with Crippen molar-refractivity contribution in [2.75, 3.05) is 19.8 Å². The Hall–Kier alpha value is -0.710. The zero-order valence-corrected chi connectivity index (χ0v) is 12.1. The first-order valence-corrected chi connectivity index (χ1v) is 7.84. The molecule has 6 heteroatoms. The third-order valence-corrected chi connectivity index (χ3v) is 3.76. The summed E-state index contributed by atoms with van der Waals surface area (Å²) in [6.07, 6.45) is 1.71. The fourth-order valence-corrected chi connectivity index (χ4v) is 2.50. The van der Waals surface area contributed by atoms with Crippen LogP contribution in [-0.2, 0) is 24.7 Å². The van der Waals surface area contributed by atoms with Crippen LogP contribution in [0, 0.1) is 0 Å². The molecule has 5 nitrogen and oxygen atoms in total. The number of unbranched alkanes of at least 4 members (excludes halogenated alkanes) is 1. The van der Waals surface area contributed by atoms with Crippen molar-refractivity contribution >= 4 is 7.82 Å². The summed E-state index contributed by atoms with van der Waals surface area (Å²) < 4.78 is 27.7. The van der Waals surface area contributed by atoms with Gasteiger partial charge in [-0.25, -0.2) is 4.57 Å². The normalized spacial score (nSPS) is 14.2. The molecule has 0 aliphatic heterocycles. The van der Waals surface area contributed by atoms with Gasteiger partial charge in [0.15, 0.2) is 0 Å². The molecular formula is C13H21O5P. The number of hydrogen-bond donors (Lipinski definition) is 1. The SMILES string of the molecule is CCCCOP(=O)(OCCO)OCc1ccccc1. The molecule has 1 aromatic rings. The molecule has 1 rings (SSSR count). The molecule has 0 heterocycles. The molecule has 0 aliphatic rings. The van der Waals surface area contributed by atoms with Crippen LogP contribution in [0.15, 0.2) is 30.3 Å². The fourth-order valence-electron chi connectivity index (χ4n) is 1.31. The quantitative estimate of drug-likeness (QED) is 0.529. The van der Waals surface area contributed by atoms with Crippen molar-refractivity contribution in [3.63, 3.8) is 0 Å². The average molecular weight is 288 g/mol. The molecule has 0 saturated heterocycles. The van der Waals surface area contributed by atoms with Crippen LogP contribution >= 0.6 is 7.82 Å². The third kappa shape index (κ3) is 6.85. The summed E-state index contributed by atoms with van der Waals surface area (Å²) in [5.41, 5.74) is 0.884. The van der Waals surface area contributed by atoms with Gasteiger partial charge in [-0.05, 0) is 12.0 Å². The topological polar surface area (TPSA) is 65.0 Å². The van der Waals surface area contributed by atoms with E-state index in [1.807, 2.05) is 37.3 Å². The Balaban J connectivity index is 2.50. The minimum absolute atomic E-state index is 0.0712. The van der Waals surface area contributed by atoms with Gasteiger partial charge in [0.05, 0.1) is 26.4 Å². The molecule has 1 atom stereocenters. The van der Waals surface area contributed by atoms with E-state index >= 15 is 0 Å². The van der Waals surface area contributed by atoms with Crippen LogP contribution in [0.25, 0.3) is 0 Å². The summed E-state index contributed by atoms with van der Waals surface area (Å²) in [5, 5.41) is 8.73. The highest BCUT2D eigenvalue weighted by Gasteiger charge is 2.26. The zero-order valence-electron chi connectivity index (χ0n) is 11.2. The van der Waals surface area contributed by atoms with E-state index in [4.69, 9.17) is 18.7 Å². The molecule has 19 heavy (non-hydrogen) atoms. The average Bonchev–Trinajstić information content (AvgIpc) is 2.45. The van der Waals surface area contributed by atoms with Gasteiger partial charge in [-0.1, -0.05) is 43.7 Å². The highest BCUT2D eigenvalue weighted by Crippen LogP contribution is 2.50. The standard InChI is InChI=1S/C13H21O5P/c1-2-3-10-16-19(15,17-11-9-14)18-12-13-7-5-4-6-8-13/h4-8,14H,2-3,9-12H2,1H3. The predicted octanol–water partition coefficient (Wildman–Crippen LogP) is 3.14. The minimum Gasteiger partial charge on any atom is -0.394 e. The third-order valence-electron chi connectivity index (χ3n) is 2.32. The van der Waals surface area contributed by atoms with Gasteiger partial charge in [-0.3, -0.25) is 13.6 Å². The fraction of sp³-hybridized carbons (Fsp3) is 0.538. The molecule has 0 fully saturated rings. The monoisotopic (exact) mass is 288 g/mol. The first-order chi connectivity index (χ1) is 9.20. The maximum atomic E-state index is 12.2. The lowest BCUT2D eigenvalue weighted by atomic mass is 10.2. The van der Waals surface area contributed by atoms with Crippen LogP contribution in [-0.4, -0.2) is 24.9 Å². The Bertz CT molecular complexity index is 382. The van der Waals surface area contributed by atoms with E-state index < -0.39 is 7.82 Å². The molecule has 108 valence electrons. The van der Waals surface area contributed by atoms with E-state index in [9.17, 15) is 4.57 Å². The van der Waals surface area contributed by atoms with Crippen molar-refractivity contribution in [3.8, 4) is 0 Å². The van der Waals surface area contributed by atoms with E-state index in [1.54, 1.807) is 0 Å².